The largest absolute Gasteiger partial charge is 0.457 e. The van der Waals surface area contributed by atoms with Crippen molar-refractivity contribution in [2.75, 3.05) is 12.3 Å². The standard InChI is InChI=1S/C19H18N6O.ClH/c20-10-11-25-19-16(18(21)22-12-23-19)17(24-25)13-6-8-15(9-7-13)26-14-4-2-1-3-5-14;/h1-9,12H,10-11,20H2,(H2,21,22,23);1H. The van der Waals surface area contributed by atoms with Crippen molar-refractivity contribution in [1.29, 1.82) is 0 Å². The van der Waals surface area contributed by atoms with Crippen molar-refractivity contribution in [1.82, 2.24) is 19.7 Å². The summed E-state index contributed by atoms with van der Waals surface area (Å²) in [6.07, 6.45) is 1.44. The fraction of sp³-hybridized carbons (Fsp3) is 0.105. The summed E-state index contributed by atoms with van der Waals surface area (Å²) >= 11 is 0. The third-order valence-corrected chi connectivity index (χ3v) is 4.01. The molecule has 4 aromatic rings. The van der Waals surface area contributed by atoms with E-state index in [0.717, 1.165) is 28.1 Å². The monoisotopic (exact) mass is 382 g/mol. The average molecular weight is 383 g/mol. The molecule has 0 amide bonds. The van der Waals surface area contributed by atoms with Crippen molar-refractivity contribution in [3.8, 4) is 22.8 Å². The van der Waals surface area contributed by atoms with Gasteiger partial charge in [0, 0.05) is 12.1 Å². The molecule has 8 heteroatoms. The maximum absolute atomic E-state index is 6.08. The van der Waals surface area contributed by atoms with Gasteiger partial charge in [0.2, 0.25) is 0 Å². The lowest BCUT2D eigenvalue weighted by atomic mass is 10.1. The molecule has 2 aromatic carbocycles. The summed E-state index contributed by atoms with van der Waals surface area (Å²) in [7, 11) is 0. The van der Waals surface area contributed by atoms with Gasteiger partial charge in [0.15, 0.2) is 5.65 Å². The van der Waals surface area contributed by atoms with Crippen LogP contribution in [0.4, 0.5) is 5.82 Å². The van der Waals surface area contributed by atoms with Crippen molar-refractivity contribution >= 4 is 29.3 Å². The first-order valence-electron chi connectivity index (χ1n) is 8.26. The molecule has 7 nitrogen and oxygen atoms in total. The lowest BCUT2D eigenvalue weighted by molar-refractivity contribution is 0.483. The molecular weight excluding hydrogens is 364 g/mol. The van der Waals surface area contributed by atoms with Gasteiger partial charge in [-0.3, -0.25) is 0 Å². The number of para-hydroxylation sites is 1. The molecule has 0 atom stereocenters. The van der Waals surface area contributed by atoms with Crippen LogP contribution in [-0.4, -0.2) is 26.3 Å². The maximum atomic E-state index is 6.08. The molecule has 2 aromatic heterocycles. The predicted molar refractivity (Wildman–Crippen MR) is 108 cm³/mol. The zero-order chi connectivity index (χ0) is 17.9. The summed E-state index contributed by atoms with van der Waals surface area (Å²) in [6, 6.07) is 17.3. The number of aromatic nitrogens is 4. The molecule has 0 bridgehead atoms. The van der Waals surface area contributed by atoms with Gasteiger partial charge in [0.25, 0.3) is 0 Å². The third kappa shape index (κ3) is 3.69. The number of benzene rings is 2. The molecule has 0 fully saturated rings. The smallest absolute Gasteiger partial charge is 0.164 e. The van der Waals surface area contributed by atoms with E-state index >= 15 is 0 Å². The number of hydrogen-bond acceptors (Lipinski definition) is 6. The van der Waals surface area contributed by atoms with Crippen LogP contribution in [0.15, 0.2) is 60.9 Å². The van der Waals surface area contributed by atoms with E-state index in [2.05, 4.69) is 15.1 Å². The normalized spacial score (nSPS) is 10.6. The Hall–Kier alpha value is -3.16. The Bertz CT molecular complexity index is 1030. The Kier molecular flexibility index (Phi) is 5.54. The van der Waals surface area contributed by atoms with Crippen LogP contribution in [0.25, 0.3) is 22.3 Å². The minimum absolute atomic E-state index is 0. The molecule has 0 saturated carbocycles. The molecule has 4 rings (SSSR count). The summed E-state index contributed by atoms with van der Waals surface area (Å²) in [4.78, 5) is 8.41. The molecule has 0 saturated heterocycles. The summed E-state index contributed by atoms with van der Waals surface area (Å²) < 4.78 is 7.59. The van der Waals surface area contributed by atoms with E-state index in [4.69, 9.17) is 16.2 Å². The van der Waals surface area contributed by atoms with Crippen LogP contribution >= 0.6 is 12.4 Å². The first-order chi connectivity index (χ1) is 12.8. The van der Waals surface area contributed by atoms with Crippen LogP contribution in [0.5, 0.6) is 11.5 Å². The van der Waals surface area contributed by atoms with Crippen molar-refractivity contribution in [2.45, 2.75) is 6.54 Å². The number of rotatable bonds is 5. The van der Waals surface area contributed by atoms with Gasteiger partial charge < -0.3 is 16.2 Å². The Morgan fingerprint density at radius 1 is 0.926 bits per heavy atom. The highest BCUT2D eigenvalue weighted by Gasteiger charge is 2.16. The number of anilines is 1. The van der Waals surface area contributed by atoms with Crippen molar-refractivity contribution in [3.05, 3.63) is 60.9 Å². The third-order valence-electron chi connectivity index (χ3n) is 4.01. The summed E-state index contributed by atoms with van der Waals surface area (Å²) in [6.45, 7) is 1.02. The number of halogens is 1. The molecule has 0 unspecified atom stereocenters. The van der Waals surface area contributed by atoms with Gasteiger partial charge in [-0.15, -0.1) is 12.4 Å². The number of nitrogens with zero attached hydrogens (tertiary/aromatic N) is 4. The topological polar surface area (TPSA) is 105 Å². The number of ether oxygens (including phenoxy) is 1. The fourth-order valence-corrected chi connectivity index (χ4v) is 2.82. The summed E-state index contributed by atoms with van der Waals surface area (Å²) in [5, 5.41) is 5.37. The Morgan fingerprint density at radius 2 is 1.63 bits per heavy atom. The van der Waals surface area contributed by atoms with E-state index in [0.29, 0.717) is 24.6 Å². The summed E-state index contributed by atoms with van der Waals surface area (Å²) in [5.74, 6) is 1.93. The molecule has 0 spiro atoms. The first kappa shape index (κ1) is 18.6. The number of nitrogens with two attached hydrogens (primary N) is 2. The number of nitrogen functional groups attached to an aromatic ring is 1. The Labute approximate surface area is 162 Å². The van der Waals surface area contributed by atoms with Gasteiger partial charge in [-0.05, 0) is 36.4 Å². The van der Waals surface area contributed by atoms with E-state index in [-0.39, 0.29) is 12.4 Å². The lowest BCUT2D eigenvalue weighted by Gasteiger charge is -2.06. The average Bonchev–Trinajstić information content (AvgIpc) is 3.04. The van der Waals surface area contributed by atoms with Crippen molar-refractivity contribution in [2.24, 2.45) is 5.73 Å². The zero-order valence-electron chi connectivity index (χ0n) is 14.4. The van der Waals surface area contributed by atoms with Gasteiger partial charge in [-0.25, -0.2) is 14.6 Å². The van der Waals surface area contributed by atoms with Crippen LogP contribution in [0.1, 0.15) is 0 Å². The molecule has 27 heavy (non-hydrogen) atoms. The minimum Gasteiger partial charge on any atom is -0.457 e. The molecule has 138 valence electrons. The van der Waals surface area contributed by atoms with Crippen LogP contribution in [0, 0.1) is 0 Å². The molecule has 0 aliphatic heterocycles. The number of fused-ring (bicyclic) bond motifs is 1. The van der Waals surface area contributed by atoms with Crippen LogP contribution in [-0.2, 0) is 6.54 Å². The Balaban J connectivity index is 0.00000210. The van der Waals surface area contributed by atoms with E-state index in [1.807, 2.05) is 54.6 Å². The van der Waals surface area contributed by atoms with Crippen LogP contribution < -0.4 is 16.2 Å². The first-order valence-corrected chi connectivity index (χ1v) is 8.26. The van der Waals surface area contributed by atoms with Gasteiger partial charge in [-0.2, -0.15) is 5.10 Å². The van der Waals surface area contributed by atoms with Crippen LogP contribution in [0.3, 0.4) is 0 Å². The fourth-order valence-electron chi connectivity index (χ4n) is 2.82. The van der Waals surface area contributed by atoms with E-state index in [1.54, 1.807) is 4.68 Å². The maximum Gasteiger partial charge on any atom is 0.164 e. The zero-order valence-corrected chi connectivity index (χ0v) is 15.3. The van der Waals surface area contributed by atoms with E-state index in [9.17, 15) is 0 Å². The van der Waals surface area contributed by atoms with Gasteiger partial charge in [0.1, 0.15) is 29.3 Å². The highest BCUT2D eigenvalue weighted by atomic mass is 35.5. The second kappa shape index (κ2) is 8.03. The lowest BCUT2D eigenvalue weighted by Crippen LogP contribution is -2.11. The molecule has 2 heterocycles. The molecule has 4 N–H and O–H groups in total. The predicted octanol–water partition coefficient (Wildman–Crippen LogP) is 3.25. The molecular formula is C19H19ClN6O. The molecule has 0 radical (unpaired) electrons. The van der Waals surface area contributed by atoms with E-state index in [1.165, 1.54) is 6.33 Å². The van der Waals surface area contributed by atoms with Gasteiger partial charge in [-0.1, -0.05) is 18.2 Å². The Morgan fingerprint density at radius 3 is 2.33 bits per heavy atom. The van der Waals surface area contributed by atoms with Gasteiger partial charge >= 0.3 is 0 Å². The van der Waals surface area contributed by atoms with Crippen molar-refractivity contribution < 1.29 is 4.74 Å². The highest BCUT2D eigenvalue weighted by Crippen LogP contribution is 2.31. The molecule has 0 aliphatic rings. The van der Waals surface area contributed by atoms with Crippen molar-refractivity contribution in [3.63, 3.8) is 0 Å². The van der Waals surface area contributed by atoms with E-state index < -0.39 is 0 Å². The minimum atomic E-state index is 0. The second-order valence-electron chi connectivity index (χ2n) is 5.76. The molecule has 0 aliphatic carbocycles. The SMILES string of the molecule is Cl.NCCn1nc(-c2ccc(Oc3ccccc3)cc2)c2c(N)ncnc21. The highest BCUT2D eigenvalue weighted by molar-refractivity contribution is 5.98. The summed E-state index contributed by atoms with van der Waals surface area (Å²) in [5.41, 5.74) is 14.1. The second-order valence-corrected chi connectivity index (χ2v) is 5.76. The number of hydrogen-bond donors (Lipinski definition) is 2. The van der Waals surface area contributed by atoms with Gasteiger partial charge in [0.05, 0.1) is 11.9 Å². The van der Waals surface area contributed by atoms with Crippen LogP contribution in [0.2, 0.25) is 0 Å². The quantitative estimate of drug-likeness (QED) is 0.549.